The number of aromatic nitrogens is 2. The number of nitrogens with one attached hydrogen (secondary N) is 1. The van der Waals surface area contributed by atoms with E-state index in [9.17, 15) is 27.5 Å². The number of carbonyl (C=O) groups excluding carboxylic acids is 1. The van der Waals surface area contributed by atoms with E-state index in [0.29, 0.717) is 0 Å². The highest BCUT2D eigenvalue weighted by Crippen LogP contribution is 2.55. The first-order valence-corrected chi connectivity index (χ1v) is 11.6. The van der Waals surface area contributed by atoms with Crippen molar-refractivity contribution in [3.63, 3.8) is 0 Å². The minimum atomic E-state index is -5.16. The van der Waals surface area contributed by atoms with Gasteiger partial charge >= 0.3 is 12.3 Å². The average molecular weight is 516 g/mol. The van der Waals surface area contributed by atoms with Crippen LogP contribution >= 0.6 is 0 Å². The molecule has 2 aromatic heterocycles. The topological polar surface area (TPSA) is 103 Å². The molecule has 8 nitrogen and oxygen atoms in total. The molecule has 1 amide bonds. The number of fused-ring (bicyclic) bond motifs is 4. The zero-order valence-electron chi connectivity index (χ0n) is 20.5. The van der Waals surface area contributed by atoms with Gasteiger partial charge in [-0.3, -0.25) is 4.98 Å². The molecule has 4 heterocycles. The van der Waals surface area contributed by atoms with Gasteiger partial charge in [-0.25, -0.2) is 14.2 Å². The largest absolute Gasteiger partial charge is 0.481 e. The minimum Gasteiger partial charge on any atom is -0.481 e. The highest BCUT2D eigenvalue weighted by molar-refractivity contribution is 5.78. The number of rotatable bonds is 5. The second-order valence-corrected chi connectivity index (χ2v) is 10.5. The molecule has 0 spiro atoms. The monoisotopic (exact) mass is 515 g/mol. The van der Waals surface area contributed by atoms with Crippen molar-refractivity contribution in [2.45, 2.75) is 81.4 Å². The maximum Gasteiger partial charge on any atom is 0.420 e. The van der Waals surface area contributed by atoms with Gasteiger partial charge in [0.15, 0.2) is 5.60 Å². The van der Waals surface area contributed by atoms with Crippen molar-refractivity contribution >= 4 is 17.1 Å². The smallest absolute Gasteiger partial charge is 0.420 e. The number of hydrogen-bond donors (Lipinski definition) is 2. The van der Waals surface area contributed by atoms with Crippen molar-refractivity contribution in [3.8, 4) is 5.88 Å². The molecule has 2 aromatic rings. The van der Waals surface area contributed by atoms with Gasteiger partial charge in [0.25, 0.3) is 0 Å². The molecule has 2 aliphatic heterocycles. The van der Waals surface area contributed by atoms with E-state index >= 15 is 0 Å². The summed E-state index contributed by atoms with van der Waals surface area (Å²) in [5.74, 6) is -0.968. The third kappa shape index (κ3) is 4.56. The standard InChI is InChI=1S/C24H29F4N3O5/c1-20(2,3)36-19(32)31-21-7-9-22(10-8-21,35-13-21)23(33,24(26,27)28)11-14-15(25)12-29-16-5-6-17(34-4)30-18(14)16/h5-6,12,33H,7-11,13H2,1-4H3,(H,31,32). The Hall–Kier alpha value is -2.73. The fraction of sp³-hybridized carbons (Fsp3) is 0.625. The fourth-order valence-corrected chi connectivity index (χ4v) is 5.05. The van der Waals surface area contributed by atoms with E-state index in [-0.39, 0.29) is 49.2 Å². The van der Waals surface area contributed by atoms with Gasteiger partial charge in [-0.15, -0.1) is 0 Å². The normalized spacial score (nSPS) is 25.9. The molecule has 3 fully saturated rings. The lowest BCUT2D eigenvalue weighted by molar-refractivity contribution is -0.350. The number of hydrogen-bond acceptors (Lipinski definition) is 7. The van der Waals surface area contributed by atoms with E-state index < -0.39 is 52.4 Å². The number of methoxy groups -OCH3 is 1. The summed E-state index contributed by atoms with van der Waals surface area (Å²) in [4.78, 5) is 20.3. The molecular weight excluding hydrogens is 486 g/mol. The summed E-state index contributed by atoms with van der Waals surface area (Å²) in [6, 6.07) is 2.90. The molecule has 2 saturated heterocycles. The molecule has 1 atom stereocenters. The second kappa shape index (κ2) is 8.69. The molecule has 0 radical (unpaired) electrons. The van der Waals surface area contributed by atoms with Crippen molar-refractivity contribution in [1.29, 1.82) is 0 Å². The van der Waals surface area contributed by atoms with Crippen LogP contribution in [0.25, 0.3) is 11.0 Å². The lowest BCUT2D eigenvalue weighted by Gasteiger charge is -2.58. The molecule has 2 N–H and O–H groups in total. The molecule has 12 heteroatoms. The van der Waals surface area contributed by atoms with Gasteiger partial charge in [0.1, 0.15) is 17.0 Å². The second-order valence-electron chi connectivity index (χ2n) is 10.5. The van der Waals surface area contributed by atoms with Gasteiger partial charge in [-0.1, -0.05) is 0 Å². The van der Waals surface area contributed by atoms with Crippen molar-refractivity contribution in [2.24, 2.45) is 0 Å². The first-order valence-electron chi connectivity index (χ1n) is 11.6. The number of amides is 1. The Labute approximate surface area is 205 Å². The first-order chi connectivity index (χ1) is 16.6. The Morgan fingerprint density at radius 1 is 1.19 bits per heavy atom. The van der Waals surface area contributed by atoms with E-state index in [2.05, 4.69) is 15.3 Å². The Morgan fingerprint density at radius 3 is 2.39 bits per heavy atom. The summed E-state index contributed by atoms with van der Waals surface area (Å²) < 4.78 is 74.7. The number of halogens is 4. The lowest BCUT2D eigenvalue weighted by atomic mass is 9.62. The van der Waals surface area contributed by atoms with Gasteiger partial charge < -0.3 is 24.6 Å². The number of carbonyl (C=O) groups is 1. The molecule has 2 bridgehead atoms. The minimum absolute atomic E-state index is 0.0643. The van der Waals surface area contributed by atoms with Gasteiger partial charge in [0, 0.05) is 18.1 Å². The van der Waals surface area contributed by atoms with Crippen molar-refractivity contribution in [3.05, 3.63) is 29.7 Å². The highest BCUT2D eigenvalue weighted by atomic mass is 19.4. The predicted octanol–water partition coefficient (Wildman–Crippen LogP) is 4.22. The molecule has 1 aliphatic carbocycles. The average Bonchev–Trinajstić information content (AvgIpc) is 2.79. The molecule has 36 heavy (non-hydrogen) atoms. The predicted molar refractivity (Wildman–Crippen MR) is 120 cm³/mol. The molecule has 1 unspecified atom stereocenters. The summed E-state index contributed by atoms with van der Waals surface area (Å²) in [5, 5.41) is 14.1. The van der Waals surface area contributed by atoms with Crippen molar-refractivity contribution < 1.29 is 41.7 Å². The summed E-state index contributed by atoms with van der Waals surface area (Å²) in [7, 11) is 1.32. The van der Waals surface area contributed by atoms with Crippen LogP contribution < -0.4 is 10.1 Å². The van der Waals surface area contributed by atoms with Crippen LogP contribution in [0.4, 0.5) is 22.4 Å². The Morgan fingerprint density at radius 2 is 1.86 bits per heavy atom. The van der Waals surface area contributed by atoms with Crippen LogP contribution in [0.5, 0.6) is 5.88 Å². The number of alkyl halides is 3. The Kier molecular flexibility index (Phi) is 6.35. The van der Waals surface area contributed by atoms with E-state index in [4.69, 9.17) is 14.2 Å². The third-order valence-electron chi connectivity index (χ3n) is 7.01. The zero-order chi connectivity index (χ0) is 26.6. The molecular formula is C24H29F4N3O5. The van der Waals surface area contributed by atoms with E-state index in [1.165, 1.54) is 19.2 Å². The first kappa shape index (κ1) is 26.3. The molecule has 3 aliphatic rings. The number of aliphatic hydroxyl groups is 1. The van der Waals surface area contributed by atoms with Crippen LogP contribution in [0.3, 0.4) is 0 Å². The SMILES string of the molecule is COc1ccc2ncc(F)c(CC(O)(C(F)(F)F)C34CCC(NC(=O)OC(C)(C)C)(CC3)CO4)c2n1. The number of nitrogens with zero attached hydrogens (tertiary/aromatic N) is 2. The van der Waals surface area contributed by atoms with Crippen LogP contribution in [0.2, 0.25) is 0 Å². The van der Waals surface area contributed by atoms with Crippen LogP contribution in [0.15, 0.2) is 18.3 Å². The molecule has 5 rings (SSSR count). The summed E-state index contributed by atoms with van der Waals surface area (Å²) >= 11 is 0. The Bertz CT molecular complexity index is 1140. The van der Waals surface area contributed by atoms with E-state index in [1.807, 2.05) is 0 Å². The summed E-state index contributed by atoms with van der Waals surface area (Å²) in [5.41, 5.74) is -7.56. The third-order valence-corrected chi connectivity index (χ3v) is 7.01. The fourth-order valence-electron chi connectivity index (χ4n) is 5.05. The lowest BCUT2D eigenvalue weighted by Crippen LogP contribution is -2.73. The zero-order valence-corrected chi connectivity index (χ0v) is 20.5. The van der Waals surface area contributed by atoms with Gasteiger partial charge in [-0.2, -0.15) is 13.2 Å². The van der Waals surface area contributed by atoms with Crippen LogP contribution in [0.1, 0.15) is 52.0 Å². The quantitative estimate of drug-likeness (QED) is 0.575. The summed E-state index contributed by atoms with van der Waals surface area (Å²) in [6.45, 7) is 4.84. The van der Waals surface area contributed by atoms with Gasteiger partial charge in [0.05, 0.1) is 36.5 Å². The molecule has 198 valence electrons. The summed E-state index contributed by atoms with van der Waals surface area (Å²) in [6.07, 6.45) is -6.36. The van der Waals surface area contributed by atoms with E-state index in [1.54, 1.807) is 20.8 Å². The van der Waals surface area contributed by atoms with E-state index in [0.717, 1.165) is 6.20 Å². The number of pyridine rings is 2. The van der Waals surface area contributed by atoms with Gasteiger partial charge in [-0.05, 0) is 52.5 Å². The molecule has 0 aromatic carbocycles. The van der Waals surface area contributed by atoms with Crippen LogP contribution in [-0.2, 0) is 15.9 Å². The number of alkyl carbamates (subject to hydrolysis) is 1. The maximum atomic E-state index is 14.9. The maximum absolute atomic E-state index is 14.9. The van der Waals surface area contributed by atoms with Crippen LogP contribution in [0, 0.1) is 5.82 Å². The van der Waals surface area contributed by atoms with Crippen molar-refractivity contribution in [1.82, 2.24) is 15.3 Å². The number of ether oxygens (including phenoxy) is 3. The van der Waals surface area contributed by atoms with Crippen molar-refractivity contribution in [2.75, 3.05) is 13.7 Å². The molecule has 1 saturated carbocycles. The van der Waals surface area contributed by atoms with Crippen LogP contribution in [-0.4, -0.2) is 63.4 Å². The Balaban J connectivity index is 1.66. The van der Waals surface area contributed by atoms with Gasteiger partial charge in [0.2, 0.25) is 5.88 Å². The highest BCUT2D eigenvalue weighted by Gasteiger charge is 2.70.